The van der Waals surface area contributed by atoms with Crippen LogP contribution in [0.2, 0.25) is 0 Å². The summed E-state index contributed by atoms with van der Waals surface area (Å²) in [4.78, 5) is 45.7. The summed E-state index contributed by atoms with van der Waals surface area (Å²) in [6.07, 6.45) is 1.65. The minimum atomic E-state index is -0.561. The number of thiazole rings is 1. The number of hydrogen-bond donors (Lipinski definition) is 3. The molecule has 7 nitrogen and oxygen atoms in total. The van der Waals surface area contributed by atoms with Crippen LogP contribution < -0.4 is 16.0 Å². The molecule has 0 saturated heterocycles. The van der Waals surface area contributed by atoms with Gasteiger partial charge in [-0.25, -0.2) is 4.98 Å². The summed E-state index contributed by atoms with van der Waals surface area (Å²) in [6, 6.07) is 41.1. The summed E-state index contributed by atoms with van der Waals surface area (Å²) in [5.41, 5.74) is 5.48. The third-order valence-electron chi connectivity index (χ3n) is 7.46. The van der Waals surface area contributed by atoms with Crippen LogP contribution in [0, 0.1) is 6.92 Å². The smallest absolute Gasteiger partial charge is 0.272 e. The van der Waals surface area contributed by atoms with E-state index in [1.807, 2.05) is 109 Å². The SMILES string of the molecule is Cc1cccc(/C=C(\NC(=O)c2ccccc2)C(=O)Nc2ccc(SC(C(=O)Nc3nc(-c4ccc(Br)cc4)cs3)c3ccccc3)cc2)c1. The summed E-state index contributed by atoms with van der Waals surface area (Å²) in [5.74, 6) is -1.06. The molecule has 6 aromatic rings. The summed E-state index contributed by atoms with van der Waals surface area (Å²) in [7, 11) is 0. The Morgan fingerprint density at radius 2 is 1.50 bits per heavy atom. The van der Waals surface area contributed by atoms with E-state index in [9.17, 15) is 14.4 Å². The van der Waals surface area contributed by atoms with Crippen LogP contribution in [0.15, 0.2) is 154 Å². The van der Waals surface area contributed by atoms with Gasteiger partial charge in [-0.2, -0.15) is 0 Å². The van der Waals surface area contributed by atoms with Gasteiger partial charge in [0.15, 0.2) is 5.13 Å². The van der Waals surface area contributed by atoms with Crippen LogP contribution in [-0.2, 0) is 9.59 Å². The van der Waals surface area contributed by atoms with Gasteiger partial charge in [-0.1, -0.05) is 106 Å². The molecule has 1 heterocycles. The Morgan fingerprint density at radius 1 is 0.800 bits per heavy atom. The van der Waals surface area contributed by atoms with Crippen LogP contribution in [0.5, 0.6) is 0 Å². The zero-order valence-corrected chi connectivity index (χ0v) is 30.0. The molecule has 50 heavy (non-hydrogen) atoms. The Labute approximate surface area is 307 Å². The van der Waals surface area contributed by atoms with Crippen LogP contribution in [0.1, 0.15) is 32.3 Å². The van der Waals surface area contributed by atoms with E-state index in [2.05, 4.69) is 36.9 Å². The number of carbonyl (C=O) groups is 3. The molecule has 0 spiro atoms. The molecule has 5 aromatic carbocycles. The second kappa shape index (κ2) is 16.4. The van der Waals surface area contributed by atoms with Crippen molar-refractivity contribution in [2.45, 2.75) is 17.1 Å². The molecule has 0 saturated carbocycles. The first-order valence-electron chi connectivity index (χ1n) is 15.6. The monoisotopic (exact) mass is 758 g/mol. The zero-order chi connectivity index (χ0) is 34.9. The first-order chi connectivity index (χ1) is 24.3. The maximum Gasteiger partial charge on any atom is 0.272 e. The van der Waals surface area contributed by atoms with Crippen LogP contribution in [0.25, 0.3) is 17.3 Å². The molecule has 1 unspecified atom stereocenters. The third kappa shape index (κ3) is 9.23. The topological polar surface area (TPSA) is 100 Å². The molecule has 6 rings (SSSR count). The van der Waals surface area contributed by atoms with E-state index in [0.717, 1.165) is 37.3 Å². The predicted molar refractivity (Wildman–Crippen MR) is 207 cm³/mol. The summed E-state index contributed by atoms with van der Waals surface area (Å²) in [6.45, 7) is 1.96. The first kappa shape index (κ1) is 34.6. The highest BCUT2D eigenvalue weighted by Gasteiger charge is 2.23. The highest BCUT2D eigenvalue weighted by molar-refractivity contribution is 9.10. The molecule has 3 N–H and O–H groups in total. The third-order valence-corrected chi connectivity index (χ3v) is 10.0. The number of nitrogens with one attached hydrogen (secondary N) is 3. The molecule has 1 aromatic heterocycles. The Hall–Kier alpha value is -5.29. The number of aryl methyl sites for hydroxylation is 1. The van der Waals surface area contributed by atoms with Crippen molar-refractivity contribution in [3.63, 3.8) is 0 Å². The maximum atomic E-state index is 13.7. The molecule has 0 aliphatic carbocycles. The number of nitrogens with zero attached hydrogens (tertiary/aromatic N) is 1. The number of anilines is 2. The molecule has 0 radical (unpaired) electrons. The van der Waals surface area contributed by atoms with Crippen molar-refractivity contribution in [3.05, 3.63) is 171 Å². The van der Waals surface area contributed by atoms with Gasteiger partial charge in [-0.3, -0.25) is 14.4 Å². The predicted octanol–water partition coefficient (Wildman–Crippen LogP) is 9.76. The van der Waals surface area contributed by atoms with Crippen molar-refractivity contribution < 1.29 is 14.4 Å². The number of thioether (sulfide) groups is 1. The Bertz CT molecular complexity index is 2140. The van der Waals surface area contributed by atoms with E-state index in [1.165, 1.54) is 23.1 Å². The molecule has 248 valence electrons. The number of aromatic nitrogens is 1. The van der Waals surface area contributed by atoms with Crippen LogP contribution in [-0.4, -0.2) is 22.7 Å². The lowest BCUT2D eigenvalue weighted by atomic mass is 10.1. The van der Waals surface area contributed by atoms with Crippen molar-refractivity contribution in [2.24, 2.45) is 0 Å². The Kier molecular flexibility index (Phi) is 11.3. The van der Waals surface area contributed by atoms with E-state index < -0.39 is 11.2 Å². The largest absolute Gasteiger partial charge is 0.321 e. The lowest BCUT2D eigenvalue weighted by Crippen LogP contribution is -2.30. The highest BCUT2D eigenvalue weighted by atomic mass is 79.9. The fraction of sp³-hybridized carbons (Fsp3) is 0.0500. The molecule has 0 aliphatic rings. The number of rotatable bonds is 11. The van der Waals surface area contributed by atoms with E-state index in [4.69, 9.17) is 0 Å². The summed E-state index contributed by atoms with van der Waals surface area (Å²) in [5, 5.41) is 10.6. The van der Waals surface area contributed by atoms with Gasteiger partial charge in [0.2, 0.25) is 5.91 Å². The number of carbonyl (C=O) groups excluding carboxylic acids is 3. The number of hydrogen-bond acceptors (Lipinski definition) is 6. The Balaban J connectivity index is 1.17. The van der Waals surface area contributed by atoms with Gasteiger partial charge < -0.3 is 16.0 Å². The number of halogens is 1. The first-order valence-corrected chi connectivity index (χ1v) is 18.2. The molecule has 0 fully saturated rings. The fourth-order valence-electron chi connectivity index (χ4n) is 4.98. The minimum absolute atomic E-state index is 0.106. The summed E-state index contributed by atoms with van der Waals surface area (Å²) >= 11 is 6.23. The molecule has 0 bridgehead atoms. The van der Waals surface area contributed by atoms with E-state index in [1.54, 1.807) is 42.5 Å². The minimum Gasteiger partial charge on any atom is -0.321 e. The highest BCUT2D eigenvalue weighted by Crippen LogP contribution is 2.37. The van der Waals surface area contributed by atoms with Gasteiger partial charge >= 0.3 is 0 Å². The normalized spacial score (nSPS) is 11.8. The van der Waals surface area contributed by atoms with Crippen LogP contribution in [0.3, 0.4) is 0 Å². The second-order valence-electron chi connectivity index (χ2n) is 11.2. The molecular formula is C40H31BrN4O3S2. The van der Waals surface area contributed by atoms with Crippen LogP contribution in [0.4, 0.5) is 10.8 Å². The fourth-order valence-corrected chi connectivity index (χ4v) is 6.99. The number of amides is 3. The second-order valence-corrected chi connectivity index (χ2v) is 14.2. The molecule has 3 amide bonds. The van der Waals surface area contributed by atoms with Gasteiger partial charge in [0.05, 0.1) is 5.69 Å². The van der Waals surface area contributed by atoms with Crippen molar-refractivity contribution >= 4 is 73.6 Å². The molecule has 10 heteroatoms. The average molecular weight is 760 g/mol. The van der Waals surface area contributed by atoms with Crippen molar-refractivity contribution in [1.82, 2.24) is 10.3 Å². The van der Waals surface area contributed by atoms with E-state index in [-0.39, 0.29) is 17.5 Å². The van der Waals surface area contributed by atoms with Gasteiger partial charge in [-0.05, 0) is 72.7 Å². The van der Waals surface area contributed by atoms with Crippen molar-refractivity contribution in [3.8, 4) is 11.3 Å². The molecule has 0 aliphatic heterocycles. The zero-order valence-electron chi connectivity index (χ0n) is 26.8. The van der Waals surface area contributed by atoms with Gasteiger partial charge in [0.1, 0.15) is 10.9 Å². The van der Waals surface area contributed by atoms with Crippen molar-refractivity contribution in [1.29, 1.82) is 0 Å². The Morgan fingerprint density at radius 3 is 2.20 bits per heavy atom. The van der Waals surface area contributed by atoms with Gasteiger partial charge in [0.25, 0.3) is 11.8 Å². The van der Waals surface area contributed by atoms with Gasteiger partial charge in [-0.15, -0.1) is 23.1 Å². The molecular weight excluding hydrogens is 729 g/mol. The standard InChI is InChI=1S/C40H31BrN4O3S2/c1-26-9-8-10-27(23-26)24-34(43-37(46)30-13-6-3-7-14-30)38(47)42-32-19-21-33(22-20-32)50-36(29-11-4-2-5-12-29)39(48)45-40-44-35(25-49-40)28-15-17-31(41)18-16-28/h2-25,36H,1H3,(H,42,47)(H,43,46)(H,44,45,48)/b34-24-. The lowest BCUT2D eigenvalue weighted by Gasteiger charge is -2.17. The number of benzene rings is 5. The lowest BCUT2D eigenvalue weighted by molar-refractivity contribution is -0.116. The quantitative estimate of drug-likeness (QED) is 0.0903. The van der Waals surface area contributed by atoms with Crippen molar-refractivity contribution in [2.75, 3.05) is 10.6 Å². The van der Waals surface area contributed by atoms with E-state index >= 15 is 0 Å². The summed E-state index contributed by atoms with van der Waals surface area (Å²) < 4.78 is 0.982. The average Bonchev–Trinajstić information content (AvgIpc) is 3.60. The molecule has 1 atom stereocenters. The van der Waals surface area contributed by atoms with Crippen LogP contribution >= 0.6 is 39.0 Å². The van der Waals surface area contributed by atoms with E-state index in [0.29, 0.717) is 16.4 Å². The van der Waals surface area contributed by atoms with Gasteiger partial charge in [0, 0.05) is 31.6 Å². The maximum absolute atomic E-state index is 13.7.